The molecule has 3 aromatic rings. The standard InChI is InChI=1S/C14H11N3/c1-2-6-12(7-3-1)10-15-14-11-16-13-8-4-5-9-17(13)14/h1-11H/b15-10-. The van der Waals surface area contributed by atoms with Gasteiger partial charge >= 0.3 is 0 Å². The van der Waals surface area contributed by atoms with Gasteiger partial charge in [-0.15, -0.1) is 0 Å². The average Bonchev–Trinajstić information content (AvgIpc) is 2.81. The van der Waals surface area contributed by atoms with Crippen LogP contribution < -0.4 is 0 Å². The van der Waals surface area contributed by atoms with E-state index in [0.717, 1.165) is 17.0 Å². The van der Waals surface area contributed by atoms with Gasteiger partial charge in [-0.1, -0.05) is 36.4 Å². The highest BCUT2D eigenvalue weighted by molar-refractivity contribution is 5.81. The molecule has 0 unspecified atom stereocenters. The molecule has 1 aromatic carbocycles. The molecule has 3 nitrogen and oxygen atoms in total. The molecule has 0 saturated heterocycles. The number of rotatable bonds is 2. The van der Waals surface area contributed by atoms with E-state index in [1.807, 2.05) is 65.3 Å². The van der Waals surface area contributed by atoms with Crippen molar-refractivity contribution >= 4 is 17.7 Å². The molecular weight excluding hydrogens is 210 g/mol. The van der Waals surface area contributed by atoms with Gasteiger partial charge in [0.25, 0.3) is 0 Å². The summed E-state index contributed by atoms with van der Waals surface area (Å²) in [5, 5.41) is 0. The van der Waals surface area contributed by atoms with Gasteiger partial charge < -0.3 is 0 Å². The van der Waals surface area contributed by atoms with E-state index in [-0.39, 0.29) is 0 Å². The Balaban J connectivity index is 1.98. The van der Waals surface area contributed by atoms with Crippen molar-refractivity contribution in [3.8, 4) is 0 Å². The van der Waals surface area contributed by atoms with E-state index in [0.29, 0.717) is 0 Å². The normalized spacial score (nSPS) is 11.3. The Morgan fingerprint density at radius 3 is 2.71 bits per heavy atom. The van der Waals surface area contributed by atoms with E-state index in [1.165, 1.54) is 0 Å². The van der Waals surface area contributed by atoms with E-state index in [2.05, 4.69) is 9.98 Å². The quantitative estimate of drug-likeness (QED) is 0.611. The van der Waals surface area contributed by atoms with Gasteiger partial charge in [-0.25, -0.2) is 9.98 Å². The number of hydrogen-bond donors (Lipinski definition) is 0. The largest absolute Gasteiger partial charge is 0.285 e. The maximum Gasteiger partial charge on any atom is 0.156 e. The third-order valence-electron chi connectivity index (χ3n) is 2.54. The molecule has 0 radical (unpaired) electrons. The maximum atomic E-state index is 4.44. The first-order valence-electron chi connectivity index (χ1n) is 5.45. The molecule has 0 amide bonds. The summed E-state index contributed by atoms with van der Waals surface area (Å²) in [6, 6.07) is 15.9. The minimum atomic E-state index is 0.837. The second kappa shape index (κ2) is 4.22. The lowest BCUT2D eigenvalue weighted by atomic mass is 10.2. The van der Waals surface area contributed by atoms with Crippen molar-refractivity contribution in [1.29, 1.82) is 0 Å². The summed E-state index contributed by atoms with van der Waals surface area (Å²) in [4.78, 5) is 8.72. The van der Waals surface area contributed by atoms with Crippen molar-refractivity contribution < 1.29 is 0 Å². The van der Waals surface area contributed by atoms with Gasteiger partial charge in [0.15, 0.2) is 5.82 Å². The molecule has 0 spiro atoms. The fraction of sp³-hybridized carbons (Fsp3) is 0. The van der Waals surface area contributed by atoms with Crippen LogP contribution in [0.2, 0.25) is 0 Å². The van der Waals surface area contributed by atoms with Crippen molar-refractivity contribution in [2.24, 2.45) is 4.99 Å². The number of benzene rings is 1. The zero-order valence-electron chi connectivity index (χ0n) is 9.19. The van der Waals surface area contributed by atoms with Crippen molar-refractivity contribution in [1.82, 2.24) is 9.38 Å². The first-order chi connectivity index (χ1) is 8.43. The van der Waals surface area contributed by atoms with Gasteiger partial charge in [0.1, 0.15) is 5.65 Å². The van der Waals surface area contributed by atoms with Gasteiger partial charge in [0, 0.05) is 12.4 Å². The molecule has 0 saturated carbocycles. The molecule has 2 aromatic heterocycles. The molecule has 0 fully saturated rings. The third-order valence-corrected chi connectivity index (χ3v) is 2.54. The number of nitrogens with zero attached hydrogens (tertiary/aromatic N) is 3. The summed E-state index contributed by atoms with van der Waals surface area (Å²) in [5.74, 6) is 0.837. The Labute approximate surface area is 99.1 Å². The van der Waals surface area contributed by atoms with Crippen LogP contribution in [0.1, 0.15) is 5.56 Å². The predicted octanol–water partition coefficient (Wildman–Crippen LogP) is 3.08. The smallest absolute Gasteiger partial charge is 0.156 e. The van der Waals surface area contributed by atoms with Crippen molar-refractivity contribution in [3.63, 3.8) is 0 Å². The van der Waals surface area contributed by atoms with E-state index in [4.69, 9.17) is 0 Å². The fourth-order valence-corrected chi connectivity index (χ4v) is 1.69. The molecule has 0 aliphatic carbocycles. The SMILES string of the molecule is C(=N/c1cnc2ccccn12)/c1ccccc1. The Bertz CT molecular complexity index is 653. The van der Waals surface area contributed by atoms with Gasteiger partial charge in [-0.05, 0) is 17.7 Å². The van der Waals surface area contributed by atoms with Crippen LogP contribution >= 0.6 is 0 Å². The van der Waals surface area contributed by atoms with Gasteiger partial charge in [-0.3, -0.25) is 4.40 Å². The summed E-state index contributed by atoms with van der Waals surface area (Å²) in [6.07, 6.45) is 5.57. The lowest BCUT2D eigenvalue weighted by Crippen LogP contribution is -1.83. The lowest BCUT2D eigenvalue weighted by molar-refractivity contribution is 1.17. The van der Waals surface area contributed by atoms with Crippen LogP contribution in [0.15, 0.2) is 65.9 Å². The van der Waals surface area contributed by atoms with Crippen molar-refractivity contribution in [2.75, 3.05) is 0 Å². The Kier molecular flexibility index (Phi) is 2.43. The highest BCUT2D eigenvalue weighted by Gasteiger charge is 1.98. The van der Waals surface area contributed by atoms with Crippen LogP contribution in [0.4, 0.5) is 5.82 Å². The maximum absolute atomic E-state index is 4.44. The van der Waals surface area contributed by atoms with Crippen LogP contribution in [0.3, 0.4) is 0 Å². The minimum Gasteiger partial charge on any atom is -0.285 e. The van der Waals surface area contributed by atoms with Crippen LogP contribution in [0.5, 0.6) is 0 Å². The second-order valence-corrected chi connectivity index (χ2v) is 3.71. The van der Waals surface area contributed by atoms with Crippen molar-refractivity contribution in [3.05, 3.63) is 66.5 Å². The number of pyridine rings is 1. The number of hydrogen-bond acceptors (Lipinski definition) is 2. The summed E-state index contributed by atoms with van der Waals surface area (Å²) >= 11 is 0. The summed E-state index contributed by atoms with van der Waals surface area (Å²) in [6.45, 7) is 0. The Hall–Kier alpha value is -2.42. The molecule has 0 N–H and O–H groups in total. The number of fused-ring (bicyclic) bond motifs is 1. The van der Waals surface area contributed by atoms with E-state index >= 15 is 0 Å². The Morgan fingerprint density at radius 1 is 1.00 bits per heavy atom. The fourth-order valence-electron chi connectivity index (χ4n) is 1.69. The van der Waals surface area contributed by atoms with Crippen LogP contribution in [0.25, 0.3) is 5.65 Å². The van der Waals surface area contributed by atoms with Crippen LogP contribution in [-0.2, 0) is 0 Å². The minimum absolute atomic E-state index is 0.837. The molecule has 0 atom stereocenters. The summed E-state index contributed by atoms with van der Waals surface area (Å²) < 4.78 is 1.96. The van der Waals surface area contributed by atoms with E-state index in [9.17, 15) is 0 Å². The molecule has 0 bridgehead atoms. The van der Waals surface area contributed by atoms with E-state index < -0.39 is 0 Å². The third kappa shape index (κ3) is 1.95. The first kappa shape index (κ1) is 9.78. The molecule has 3 heteroatoms. The number of aromatic nitrogens is 2. The number of imidazole rings is 1. The van der Waals surface area contributed by atoms with Crippen LogP contribution in [0, 0.1) is 0 Å². The Morgan fingerprint density at radius 2 is 1.82 bits per heavy atom. The molecule has 17 heavy (non-hydrogen) atoms. The topological polar surface area (TPSA) is 29.7 Å². The molecule has 0 aliphatic rings. The lowest BCUT2D eigenvalue weighted by Gasteiger charge is -1.95. The highest BCUT2D eigenvalue weighted by Crippen LogP contribution is 2.14. The summed E-state index contributed by atoms with van der Waals surface area (Å²) in [7, 11) is 0. The molecule has 3 rings (SSSR count). The van der Waals surface area contributed by atoms with Crippen LogP contribution in [-0.4, -0.2) is 15.6 Å². The highest BCUT2D eigenvalue weighted by atomic mass is 15.1. The van der Waals surface area contributed by atoms with Gasteiger partial charge in [0.05, 0.1) is 6.20 Å². The average molecular weight is 221 g/mol. The molecule has 2 heterocycles. The predicted molar refractivity (Wildman–Crippen MR) is 68.9 cm³/mol. The monoisotopic (exact) mass is 221 g/mol. The van der Waals surface area contributed by atoms with Gasteiger partial charge in [-0.2, -0.15) is 0 Å². The van der Waals surface area contributed by atoms with Gasteiger partial charge in [0.2, 0.25) is 0 Å². The summed E-state index contributed by atoms with van der Waals surface area (Å²) in [5.41, 5.74) is 1.99. The first-order valence-corrected chi connectivity index (χ1v) is 5.45. The number of aliphatic imine (C=N–C) groups is 1. The second-order valence-electron chi connectivity index (χ2n) is 3.71. The zero-order valence-corrected chi connectivity index (χ0v) is 9.19. The molecular formula is C14H11N3. The zero-order chi connectivity index (χ0) is 11.5. The molecule has 82 valence electrons. The molecule has 0 aliphatic heterocycles. The van der Waals surface area contributed by atoms with E-state index in [1.54, 1.807) is 6.20 Å². The van der Waals surface area contributed by atoms with Crippen molar-refractivity contribution in [2.45, 2.75) is 0 Å².